The van der Waals surface area contributed by atoms with Crippen LogP contribution >= 0.6 is 22.9 Å². The minimum absolute atomic E-state index is 0.0723. The number of benzene rings is 1. The van der Waals surface area contributed by atoms with Gasteiger partial charge in [-0.25, -0.2) is 17.7 Å². The van der Waals surface area contributed by atoms with Gasteiger partial charge in [0.15, 0.2) is 23.5 Å². The van der Waals surface area contributed by atoms with Crippen LogP contribution in [0.5, 0.6) is 11.5 Å². The van der Waals surface area contributed by atoms with Gasteiger partial charge in [0.1, 0.15) is 21.5 Å². The number of anilines is 1. The lowest BCUT2D eigenvalue weighted by molar-refractivity contribution is -0.107. The third kappa shape index (κ3) is 4.75. The van der Waals surface area contributed by atoms with Gasteiger partial charge < -0.3 is 23.5 Å². The number of hydrogen-bond donors (Lipinski definition) is 0. The van der Waals surface area contributed by atoms with Gasteiger partial charge in [-0.05, 0) is 56.2 Å². The highest BCUT2D eigenvalue weighted by atomic mass is 35.5. The summed E-state index contributed by atoms with van der Waals surface area (Å²) in [6, 6.07) is 7.20. The predicted molar refractivity (Wildman–Crippen MR) is 138 cm³/mol. The molecule has 1 atom stereocenters. The molecular weight excluding hydrogens is 542 g/mol. The minimum atomic E-state index is -4.27. The molecule has 10 nitrogen and oxygen atoms in total. The monoisotopic (exact) mass is 565 g/mol. The molecule has 1 aromatic carbocycles. The number of halogens is 1. The number of sulfonamides is 1. The number of aryl methyl sites for hydroxylation is 2. The van der Waals surface area contributed by atoms with E-state index in [1.165, 1.54) is 18.4 Å². The van der Waals surface area contributed by atoms with E-state index in [4.69, 9.17) is 35.1 Å². The molecule has 3 aromatic heterocycles. The third-order valence-corrected chi connectivity index (χ3v) is 9.51. The molecule has 0 saturated carbocycles. The first-order chi connectivity index (χ1) is 17.7. The van der Waals surface area contributed by atoms with Crippen molar-refractivity contribution in [1.29, 1.82) is 0 Å². The maximum atomic E-state index is 14.4. The zero-order chi connectivity index (χ0) is 26.3. The summed E-state index contributed by atoms with van der Waals surface area (Å²) in [5.41, 5.74) is 1.85. The van der Waals surface area contributed by atoms with Crippen molar-refractivity contribution >= 4 is 49.0 Å². The summed E-state index contributed by atoms with van der Waals surface area (Å²) in [7, 11) is -2.81. The van der Waals surface area contributed by atoms with Crippen LogP contribution in [0, 0.1) is 13.8 Å². The molecule has 0 amide bonds. The summed E-state index contributed by atoms with van der Waals surface area (Å²) < 4.78 is 56.7. The summed E-state index contributed by atoms with van der Waals surface area (Å²) >= 11 is 7.71. The number of methoxy groups -OCH3 is 1. The van der Waals surface area contributed by atoms with Crippen LogP contribution in [-0.2, 0) is 25.9 Å². The molecule has 0 N–H and O–H groups in total. The van der Waals surface area contributed by atoms with Crippen LogP contribution in [0.15, 0.2) is 39.9 Å². The number of aromatic nitrogens is 2. The Morgan fingerprint density at radius 1 is 1.24 bits per heavy atom. The number of fused-ring (bicyclic) bond motifs is 2. The summed E-state index contributed by atoms with van der Waals surface area (Å²) in [6.45, 7) is 4.94. The average Bonchev–Trinajstić information content (AvgIpc) is 3.57. The molecule has 4 heterocycles. The highest BCUT2D eigenvalue weighted by molar-refractivity contribution is 7.93. The minimum Gasteiger partial charge on any atom is -0.454 e. The van der Waals surface area contributed by atoms with Crippen LogP contribution in [0.3, 0.4) is 0 Å². The second-order valence-electron chi connectivity index (χ2n) is 8.35. The fraction of sp³-hybridized carbons (Fsp3) is 0.333. The molecule has 1 aliphatic rings. The zero-order valence-electron chi connectivity index (χ0n) is 20.5. The second-order valence-corrected chi connectivity index (χ2v) is 11.6. The van der Waals surface area contributed by atoms with E-state index < -0.39 is 23.0 Å². The molecule has 196 valence electrons. The van der Waals surface area contributed by atoms with E-state index in [-0.39, 0.29) is 28.3 Å². The lowest BCUT2D eigenvalue weighted by atomic mass is 10.0. The van der Waals surface area contributed by atoms with E-state index in [1.54, 1.807) is 32.2 Å². The van der Waals surface area contributed by atoms with Crippen molar-refractivity contribution in [2.75, 3.05) is 24.9 Å². The number of nitrogens with zero attached hydrogens (tertiary/aromatic N) is 3. The van der Waals surface area contributed by atoms with Crippen molar-refractivity contribution in [3.63, 3.8) is 0 Å². The molecule has 13 heteroatoms. The van der Waals surface area contributed by atoms with Gasteiger partial charge in [0, 0.05) is 30.0 Å². The number of rotatable bonds is 9. The molecule has 0 aliphatic carbocycles. The molecule has 1 aliphatic heterocycles. The molecule has 1 unspecified atom stereocenters. The molecule has 5 rings (SSSR count). The maximum Gasteiger partial charge on any atom is 0.269 e. The highest BCUT2D eigenvalue weighted by Crippen LogP contribution is 2.41. The Kier molecular flexibility index (Phi) is 7.03. The van der Waals surface area contributed by atoms with Gasteiger partial charge in [-0.3, -0.25) is 0 Å². The largest absolute Gasteiger partial charge is 0.454 e. The van der Waals surface area contributed by atoms with Gasteiger partial charge >= 0.3 is 0 Å². The Balaban J connectivity index is 1.64. The van der Waals surface area contributed by atoms with E-state index >= 15 is 0 Å². The lowest BCUT2D eigenvalue weighted by Crippen LogP contribution is -2.35. The predicted octanol–water partition coefficient (Wildman–Crippen LogP) is 5.04. The smallest absolute Gasteiger partial charge is 0.269 e. The van der Waals surface area contributed by atoms with Crippen LogP contribution < -0.4 is 13.8 Å². The Morgan fingerprint density at radius 2 is 2.00 bits per heavy atom. The summed E-state index contributed by atoms with van der Waals surface area (Å²) in [5.74, 6) is 1.50. The zero-order valence-corrected chi connectivity index (χ0v) is 22.9. The van der Waals surface area contributed by atoms with Gasteiger partial charge in [0.05, 0.1) is 0 Å². The van der Waals surface area contributed by atoms with E-state index in [1.807, 2.05) is 19.1 Å². The second kappa shape index (κ2) is 10.1. The molecule has 0 fully saturated rings. The van der Waals surface area contributed by atoms with Crippen molar-refractivity contribution < 1.29 is 31.9 Å². The molecular formula is C24H24ClN3O7S2. The van der Waals surface area contributed by atoms with Crippen LogP contribution in [0.1, 0.15) is 28.7 Å². The first-order valence-corrected chi connectivity index (χ1v) is 13.9. The molecule has 0 saturated heterocycles. The molecule has 37 heavy (non-hydrogen) atoms. The van der Waals surface area contributed by atoms with E-state index in [0.29, 0.717) is 33.0 Å². The summed E-state index contributed by atoms with van der Waals surface area (Å²) in [4.78, 5) is 5.70. The maximum absolute atomic E-state index is 14.4. The topological polar surface area (TPSA) is 113 Å². The Hall–Kier alpha value is -2.90. The first-order valence-electron chi connectivity index (χ1n) is 11.2. The first kappa shape index (κ1) is 25.7. The van der Waals surface area contributed by atoms with Gasteiger partial charge in [-0.1, -0.05) is 16.8 Å². The van der Waals surface area contributed by atoms with Gasteiger partial charge in [-0.15, -0.1) is 11.3 Å². The molecule has 0 spiro atoms. The average molecular weight is 566 g/mol. The number of pyridine rings is 1. The summed E-state index contributed by atoms with van der Waals surface area (Å²) in [6.07, 6.45) is 1.28. The number of hydrogen-bond acceptors (Lipinski definition) is 10. The van der Waals surface area contributed by atoms with Gasteiger partial charge in [0.25, 0.3) is 10.0 Å². The third-order valence-electron chi connectivity index (χ3n) is 5.99. The highest BCUT2D eigenvalue weighted by Gasteiger charge is 2.36. The number of ether oxygens (including phenoxy) is 4. The van der Waals surface area contributed by atoms with Crippen molar-refractivity contribution in [2.45, 2.75) is 38.4 Å². The molecule has 0 bridgehead atoms. The van der Waals surface area contributed by atoms with Crippen LogP contribution in [0.25, 0.3) is 10.2 Å². The fourth-order valence-corrected chi connectivity index (χ4v) is 7.26. The quantitative estimate of drug-likeness (QED) is 0.258. The molecule has 0 radical (unpaired) electrons. The molecule has 4 aromatic rings. The van der Waals surface area contributed by atoms with E-state index in [9.17, 15) is 8.42 Å². The van der Waals surface area contributed by atoms with Gasteiger partial charge in [-0.2, -0.15) is 0 Å². The van der Waals surface area contributed by atoms with Crippen molar-refractivity contribution in [2.24, 2.45) is 0 Å². The Bertz CT molecular complexity index is 1570. The summed E-state index contributed by atoms with van der Waals surface area (Å²) in [5, 5.41) is 4.48. The Labute approximate surface area is 222 Å². The van der Waals surface area contributed by atoms with Crippen molar-refractivity contribution in [3.8, 4) is 11.5 Å². The number of thiophene rings is 1. The van der Waals surface area contributed by atoms with Crippen LogP contribution in [0.2, 0.25) is 5.02 Å². The van der Waals surface area contributed by atoms with Crippen molar-refractivity contribution in [1.82, 2.24) is 10.1 Å². The lowest BCUT2D eigenvalue weighted by Gasteiger charge is -2.24. The standard InChI is InChI=1S/C24H24ClN3O7S2/c1-13-8-18-19(34-12-33-18)9-16(13)10-20-22(17-6-5-7-26-24(17)36-20)37(29,30)28(11-32-15(3)31-4)23-21(25)14(2)35-27-23/h5-9,15H,10-12H2,1-4H3. The van der Waals surface area contributed by atoms with Crippen molar-refractivity contribution in [3.05, 3.63) is 57.2 Å². The fourth-order valence-electron chi connectivity index (χ4n) is 3.91. The van der Waals surface area contributed by atoms with Gasteiger partial charge in [0.2, 0.25) is 12.6 Å². The SMILES string of the molecule is COC(C)OCN(c1noc(C)c1Cl)S(=O)(=O)c1c(Cc2cc3c(cc2C)OCO3)sc2ncccc12. The normalized spacial score (nSPS) is 13.9. The van der Waals surface area contributed by atoms with Crippen LogP contribution in [-0.4, -0.2) is 45.5 Å². The van der Waals surface area contributed by atoms with E-state index in [2.05, 4.69) is 10.1 Å². The Morgan fingerprint density at radius 3 is 2.70 bits per heavy atom. The van der Waals surface area contributed by atoms with E-state index in [0.717, 1.165) is 15.4 Å². The van der Waals surface area contributed by atoms with Crippen LogP contribution in [0.4, 0.5) is 5.82 Å².